The molecule has 0 saturated heterocycles. The van der Waals surface area contributed by atoms with Crippen LogP contribution in [0, 0.1) is 0 Å². The van der Waals surface area contributed by atoms with Crippen LogP contribution in [-0.2, 0) is 11.3 Å². The Kier molecular flexibility index (Phi) is 6.79. The fourth-order valence-corrected chi connectivity index (χ4v) is 1.89. The van der Waals surface area contributed by atoms with Crippen molar-refractivity contribution in [3.8, 4) is 5.75 Å². The second-order valence-corrected chi connectivity index (χ2v) is 5.94. The van der Waals surface area contributed by atoms with Crippen LogP contribution in [0.4, 0.5) is 0 Å². The molecule has 108 valence electrons. The predicted octanol–water partition coefficient (Wildman–Crippen LogP) is 2.33. The van der Waals surface area contributed by atoms with Gasteiger partial charge in [-0.3, -0.25) is 0 Å². The van der Waals surface area contributed by atoms with Crippen molar-refractivity contribution in [1.29, 1.82) is 0 Å². The first-order valence-electron chi connectivity index (χ1n) is 6.25. The van der Waals surface area contributed by atoms with Gasteiger partial charge in [-0.05, 0) is 32.0 Å². The van der Waals surface area contributed by atoms with Crippen molar-refractivity contribution < 1.29 is 14.6 Å². The van der Waals surface area contributed by atoms with Gasteiger partial charge in [-0.15, -0.1) is 0 Å². The minimum atomic E-state index is -0.839. The SMILES string of the molecule is COCCNCc1cc(Br)ccc1OCC(C)(C)O. The van der Waals surface area contributed by atoms with Crippen LogP contribution in [0.25, 0.3) is 0 Å². The molecule has 0 radical (unpaired) electrons. The first kappa shape index (κ1) is 16.4. The Bertz CT molecular complexity index is 391. The second-order valence-electron chi connectivity index (χ2n) is 5.02. The lowest BCUT2D eigenvalue weighted by molar-refractivity contribution is 0.0281. The summed E-state index contributed by atoms with van der Waals surface area (Å²) in [5, 5.41) is 13.0. The molecule has 0 aliphatic carbocycles. The Balaban J connectivity index is 2.63. The second kappa shape index (κ2) is 7.85. The highest BCUT2D eigenvalue weighted by Crippen LogP contribution is 2.24. The summed E-state index contributed by atoms with van der Waals surface area (Å²) in [5.74, 6) is 0.787. The largest absolute Gasteiger partial charge is 0.490 e. The molecule has 0 bridgehead atoms. The molecule has 0 heterocycles. The first-order valence-corrected chi connectivity index (χ1v) is 7.05. The summed E-state index contributed by atoms with van der Waals surface area (Å²) in [6.45, 7) is 5.87. The number of benzene rings is 1. The minimum Gasteiger partial charge on any atom is -0.490 e. The van der Waals surface area contributed by atoms with E-state index in [2.05, 4.69) is 21.2 Å². The summed E-state index contributed by atoms with van der Waals surface area (Å²) in [5.41, 5.74) is 0.211. The van der Waals surface area contributed by atoms with Crippen LogP contribution in [-0.4, -0.2) is 37.6 Å². The van der Waals surface area contributed by atoms with Crippen LogP contribution in [0.1, 0.15) is 19.4 Å². The highest BCUT2D eigenvalue weighted by atomic mass is 79.9. The molecular weight excluding hydrogens is 310 g/mol. The van der Waals surface area contributed by atoms with Crippen LogP contribution in [0.2, 0.25) is 0 Å². The average molecular weight is 332 g/mol. The van der Waals surface area contributed by atoms with E-state index in [1.807, 2.05) is 18.2 Å². The van der Waals surface area contributed by atoms with Gasteiger partial charge in [0.25, 0.3) is 0 Å². The van der Waals surface area contributed by atoms with Crippen LogP contribution >= 0.6 is 15.9 Å². The van der Waals surface area contributed by atoms with Gasteiger partial charge in [0.05, 0.1) is 12.2 Å². The van der Waals surface area contributed by atoms with Crippen LogP contribution < -0.4 is 10.1 Å². The van der Waals surface area contributed by atoms with Crippen LogP contribution in [0.5, 0.6) is 5.75 Å². The van der Waals surface area contributed by atoms with E-state index in [4.69, 9.17) is 9.47 Å². The Morgan fingerprint density at radius 3 is 2.74 bits per heavy atom. The van der Waals surface area contributed by atoms with E-state index in [0.717, 1.165) is 22.3 Å². The van der Waals surface area contributed by atoms with E-state index in [1.54, 1.807) is 21.0 Å². The Morgan fingerprint density at radius 1 is 1.37 bits per heavy atom. The Hall–Kier alpha value is -0.620. The molecule has 1 aromatic rings. The maximum atomic E-state index is 9.70. The maximum Gasteiger partial charge on any atom is 0.124 e. The van der Waals surface area contributed by atoms with Crippen molar-refractivity contribution in [2.75, 3.05) is 26.9 Å². The average Bonchev–Trinajstić information content (AvgIpc) is 2.32. The fourth-order valence-electron chi connectivity index (χ4n) is 1.48. The molecule has 0 amide bonds. The molecule has 1 rings (SSSR count). The molecule has 1 aromatic carbocycles. The lowest BCUT2D eigenvalue weighted by Crippen LogP contribution is -2.28. The van der Waals surface area contributed by atoms with Gasteiger partial charge in [0.2, 0.25) is 0 Å². The summed E-state index contributed by atoms with van der Waals surface area (Å²) in [6.07, 6.45) is 0. The standard InChI is InChI=1S/C14H22BrNO3/c1-14(2,17)10-19-13-5-4-12(15)8-11(13)9-16-6-7-18-3/h4-5,8,16-17H,6-7,9-10H2,1-3H3. The molecule has 0 aliphatic rings. The lowest BCUT2D eigenvalue weighted by Gasteiger charge is -2.19. The smallest absolute Gasteiger partial charge is 0.124 e. The van der Waals surface area contributed by atoms with E-state index in [9.17, 15) is 5.11 Å². The summed E-state index contributed by atoms with van der Waals surface area (Å²) >= 11 is 3.45. The number of hydrogen-bond acceptors (Lipinski definition) is 4. The maximum absolute atomic E-state index is 9.70. The van der Waals surface area contributed by atoms with Gasteiger partial charge in [0, 0.05) is 30.2 Å². The molecule has 0 atom stereocenters. The predicted molar refractivity (Wildman–Crippen MR) is 79.5 cm³/mol. The number of nitrogens with one attached hydrogen (secondary N) is 1. The van der Waals surface area contributed by atoms with E-state index in [1.165, 1.54) is 0 Å². The van der Waals surface area contributed by atoms with Gasteiger partial charge in [0.1, 0.15) is 12.4 Å². The molecule has 0 aromatic heterocycles. The molecular formula is C14H22BrNO3. The van der Waals surface area contributed by atoms with E-state index >= 15 is 0 Å². The molecule has 4 nitrogen and oxygen atoms in total. The Morgan fingerprint density at radius 2 is 2.11 bits per heavy atom. The molecule has 0 fully saturated rings. The Labute approximate surface area is 123 Å². The van der Waals surface area contributed by atoms with Crippen molar-refractivity contribution in [2.24, 2.45) is 0 Å². The normalized spacial score (nSPS) is 11.6. The monoisotopic (exact) mass is 331 g/mol. The van der Waals surface area contributed by atoms with Crippen molar-refractivity contribution in [3.63, 3.8) is 0 Å². The van der Waals surface area contributed by atoms with Crippen molar-refractivity contribution in [3.05, 3.63) is 28.2 Å². The molecule has 0 unspecified atom stereocenters. The highest BCUT2D eigenvalue weighted by Gasteiger charge is 2.14. The molecule has 0 aliphatic heterocycles. The molecule has 5 heteroatoms. The van der Waals surface area contributed by atoms with E-state index in [0.29, 0.717) is 13.2 Å². The van der Waals surface area contributed by atoms with Gasteiger partial charge >= 0.3 is 0 Å². The summed E-state index contributed by atoms with van der Waals surface area (Å²) < 4.78 is 11.7. The minimum absolute atomic E-state index is 0.264. The zero-order valence-electron chi connectivity index (χ0n) is 11.7. The zero-order chi connectivity index (χ0) is 14.3. The number of hydrogen-bond donors (Lipinski definition) is 2. The van der Waals surface area contributed by atoms with Crippen molar-refractivity contribution >= 4 is 15.9 Å². The van der Waals surface area contributed by atoms with Gasteiger partial charge in [-0.1, -0.05) is 15.9 Å². The van der Waals surface area contributed by atoms with Gasteiger partial charge in [0.15, 0.2) is 0 Å². The summed E-state index contributed by atoms with van der Waals surface area (Å²) in [6, 6.07) is 5.85. The number of ether oxygens (including phenoxy) is 2. The van der Waals surface area contributed by atoms with Crippen molar-refractivity contribution in [2.45, 2.75) is 26.0 Å². The summed E-state index contributed by atoms with van der Waals surface area (Å²) in [7, 11) is 1.68. The molecule has 0 spiro atoms. The van der Waals surface area contributed by atoms with Crippen LogP contribution in [0.3, 0.4) is 0 Å². The van der Waals surface area contributed by atoms with Gasteiger partial charge in [-0.25, -0.2) is 0 Å². The first-order chi connectivity index (χ1) is 8.92. The third kappa shape index (κ3) is 6.92. The topological polar surface area (TPSA) is 50.7 Å². The summed E-state index contributed by atoms with van der Waals surface area (Å²) in [4.78, 5) is 0. The van der Waals surface area contributed by atoms with Gasteiger partial charge in [-0.2, -0.15) is 0 Å². The molecule has 19 heavy (non-hydrogen) atoms. The third-order valence-corrected chi connectivity index (χ3v) is 2.90. The number of halogens is 1. The molecule has 2 N–H and O–H groups in total. The highest BCUT2D eigenvalue weighted by molar-refractivity contribution is 9.10. The van der Waals surface area contributed by atoms with E-state index in [-0.39, 0.29) is 6.61 Å². The number of aliphatic hydroxyl groups is 1. The number of rotatable bonds is 8. The lowest BCUT2D eigenvalue weighted by atomic mass is 10.1. The number of methoxy groups -OCH3 is 1. The molecule has 0 saturated carbocycles. The van der Waals surface area contributed by atoms with E-state index < -0.39 is 5.60 Å². The fraction of sp³-hybridized carbons (Fsp3) is 0.571. The van der Waals surface area contributed by atoms with Gasteiger partial charge < -0.3 is 19.9 Å². The van der Waals surface area contributed by atoms with Crippen molar-refractivity contribution in [1.82, 2.24) is 5.32 Å². The quantitative estimate of drug-likeness (QED) is 0.718. The third-order valence-electron chi connectivity index (χ3n) is 2.40. The van der Waals surface area contributed by atoms with Crippen LogP contribution in [0.15, 0.2) is 22.7 Å². The zero-order valence-corrected chi connectivity index (χ0v) is 13.3.